The van der Waals surface area contributed by atoms with Crippen LogP contribution in [0.25, 0.3) is 0 Å². The average molecular weight is 249 g/mol. The first-order chi connectivity index (χ1) is 8.29. The average Bonchev–Trinajstić information content (AvgIpc) is 2.89. The topological polar surface area (TPSA) is 64.1 Å². The van der Waals surface area contributed by atoms with Gasteiger partial charge in [0.15, 0.2) is 5.69 Å². The maximum Gasteiger partial charge on any atom is 0.358 e. The van der Waals surface area contributed by atoms with Gasteiger partial charge in [-0.1, -0.05) is 6.07 Å². The number of carbonyl (C=O) groups is 1. The molecule has 5 nitrogen and oxygen atoms in total. The minimum absolute atomic E-state index is 0.203. The van der Waals surface area contributed by atoms with Crippen molar-refractivity contribution >= 4 is 23.1 Å². The van der Waals surface area contributed by atoms with Crippen molar-refractivity contribution in [2.45, 2.75) is 6.54 Å². The zero-order valence-electron chi connectivity index (χ0n) is 9.21. The predicted molar refractivity (Wildman–Crippen MR) is 65.0 cm³/mol. The molecule has 0 amide bonds. The van der Waals surface area contributed by atoms with Crippen LogP contribution in [0.4, 0.5) is 5.82 Å². The van der Waals surface area contributed by atoms with Gasteiger partial charge in [-0.25, -0.2) is 4.79 Å². The molecule has 88 valence electrons. The Morgan fingerprint density at radius 1 is 1.41 bits per heavy atom. The zero-order chi connectivity index (χ0) is 12.1. The van der Waals surface area contributed by atoms with Gasteiger partial charge in [-0.05, 0) is 23.6 Å². The number of aromatic nitrogens is 2. The Morgan fingerprint density at radius 2 is 2.29 bits per heavy atom. The highest BCUT2D eigenvalue weighted by Gasteiger charge is 2.07. The molecule has 0 saturated carbocycles. The lowest BCUT2D eigenvalue weighted by Crippen LogP contribution is -2.07. The Balaban J connectivity index is 1.96. The van der Waals surface area contributed by atoms with Crippen molar-refractivity contribution in [3.63, 3.8) is 0 Å². The van der Waals surface area contributed by atoms with Crippen molar-refractivity contribution < 1.29 is 9.53 Å². The van der Waals surface area contributed by atoms with Crippen LogP contribution in [-0.4, -0.2) is 23.3 Å². The number of esters is 1. The number of nitrogens with zero attached hydrogens (tertiary/aromatic N) is 2. The Kier molecular flexibility index (Phi) is 3.66. The standard InChI is InChI=1S/C11H11N3O2S/c1-16-11(15)9-4-5-10(14-13-9)12-7-8-3-2-6-17-8/h2-6H,7H2,1H3,(H,12,14). The number of nitrogens with one attached hydrogen (secondary N) is 1. The van der Waals surface area contributed by atoms with Gasteiger partial charge in [0.25, 0.3) is 0 Å². The molecular formula is C11H11N3O2S. The Bertz CT molecular complexity index is 482. The first kappa shape index (κ1) is 11.5. The highest BCUT2D eigenvalue weighted by molar-refractivity contribution is 7.09. The van der Waals surface area contributed by atoms with E-state index in [1.54, 1.807) is 23.5 Å². The van der Waals surface area contributed by atoms with E-state index in [2.05, 4.69) is 20.3 Å². The molecule has 0 aliphatic heterocycles. The third kappa shape index (κ3) is 3.01. The summed E-state index contributed by atoms with van der Waals surface area (Å²) >= 11 is 1.67. The van der Waals surface area contributed by atoms with Crippen LogP contribution < -0.4 is 5.32 Å². The zero-order valence-corrected chi connectivity index (χ0v) is 10.0. The summed E-state index contributed by atoms with van der Waals surface area (Å²) in [6.45, 7) is 0.698. The molecule has 0 unspecified atom stereocenters. The Morgan fingerprint density at radius 3 is 2.88 bits per heavy atom. The van der Waals surface area contributed by atoms with Crippen LogP contribution in [0.2, 0.25) is 0 Å². The SMILES string of the molecule is COC(=O)c1ccc(NCc2cccs2)nn1. The molecule has 0 radical (unpaired) electrons. The number of hydrogen-bond acceptors (Lipinski definition) is 6. The molecule has 2 aromatic rings. The van der Waals surface area contributed by atoms with Gasteiger partial charge >= 0.3 is 5.97 Å². The van der Waals surface area contributed by atoms with Crippen LogP contribution >= 0.6 is 11.3 Å². The molecule has 0 aliphatic carbocycles. The molecular weight excluding hydrogens is 238 g/mol. The van der Waals surface area contributed by atoms with E-state index in [4.69, 9.17) is 0 Å². The van der Waals surface area contributed by atoms with Crippen LogP contribution in [0.1, 0.15) is 15.4 Å². The molecule has 2 rings (SSSR count). The van der Waals surface area contributed by atoms with E-state index >= 15 is 0 Å². The first-order valence-electron chi connectivity index (χ1n) is 4.98. The number of rotatable bonds is 4. The summed E-state index contributed by atoms with van der Waals surface area (Å²) in [6, 6.07) is 7.31. The smallest absolute Gasteiger partial charge is 0.358 e. The van der Waals surface area contributed by atoms with Crippen molar-refractivity contribution in [2.75, 3.05) is 12.4 Å². The quantitative estimate of drug-likeness (QED) is 0.839. The summed E-state index contributed by atoms with van der Waals surface area (Å²) in [7, 11) is 1.31. The second-order valence-electron chi connectivity index (χ2n) is 3.23. The van der Waals surface area contributed by atoms with Crippen molar-refractivity contribution in [3.8, 4) is 0 Å². The number of carbonyl (C=O) groups excluding carboxylic acids is 1. The van der Waals surface area contributed by atoms with Gasteiger partial charge in [0, 0.05) is 4.88 Å². The normalized spacial score (nSPS) is 9.94. The van der Waals surface area contributed by atoms with E-state index in [1.165, 1.54) is 12.0 Å². The molecule has 0 bridgehead atoms. The Hall–Kier alpha value is -1.95. The van der Waals surface area contributed by atoms with E-state index in [0.29, 0.717) is 12.4 Å². The number of hydrogen-bond donors (Lipinski definition) is 1. The van der Waals surface area contributed by atoms with E-state index in [9.17, 15) is 4.79 Å². The summed E-state index contributed by atoms with van der Waals surface area (Å²) in [5, 5.41) is 12.8. The minimum Gasteiger partial charge on any atom is -0.464 e. The van der Waals surface area contributed by atoms with Crippen LogP contribution in [0, 0.1) is 0 Å². The summed E-state index contributed by atoms with van der Waals surface area (Å²) in [5.41, 5.74) is 0.203. The van der Waals surface area contributed by atoms with Gasteiger partial charge in [-0.15, -0.1) is 21.5 Å². The lowest BCUT2D eigenvalue weighted by atomic mass is 10.4. The molecule has 0 aliphatic rings. The van der Waals surface area contributed by atoms with Gasteiger partial charge in [-0.2, -0.15) is 0 Å². The molecule has 0 fully saturated rings. The maximum atomic E-state index is 11.1. The number of anilines is 1. The van der Waals surface area contributed by atoms with Crippen molar-refractivity contribution in [3.05, 3.63) is 40.2 Å². The van der Waals surface area contributed by atoms with Gasteiger partial charge in [0.2, 0.25) is 0 Å². The fourth-order valence-corrected chi connectivity index (χ4v) is 1.88. The van der Waals surface area contributed by atoms with E-state index < -0.39 is 5.97 Å². The van der Waals surface area contributed by atoms with E-state index in [1.807, 2.05) is 17.5 Å². The van der Waals surface area contributed by atoms with Crippen molar-refractivity contribution in [2.24, 2.45) is 0 Å². The number of thiophene rings is 1. The monoisotopic (exact) mass is 249 g/mol. The lowest BCUT2D eigenvalue weighted by molar-refractivity contribution is 0.0593. The first-order valence-corrected chi connectivity index (χ1v) is 5.86. The summed E-state index contributed by atoms with van der Waals surface area (Å²) in [6.07, 6.45) is 0. The fourth-order valence-electron chi connectivity index (χ4n) is 1.23. The molecule has 0 saturated heterocycles. The summed E-state index contributed by atoms with van der Waals surface area (Å²) in [4.78, 5) is 12.3. The molecule has 2 heterocycles. The highest BCUT2D eigenvalue weighted by Crippen LogP contribution is 2.11. The predicted octanol–water partition coefficient (Wildman–Crippen LogP) is 1.94. The van der Waals surface area contributed by atoms with E-state index in [-0.39, 0.29) is 5.69 Å². The van der Waals surface area contributed by atoms with Crippen LogP contribution in [0.5, 0.6) is 0 Å². The highest BCUT2D eigenvalue weighted by atomic mass is 32.1. The fraction of sp³-hybridized carbons (Fsp3) is 0.182. The van der Waals surface area contributed by atoms with Gasteiger partial charge < -0.3 is 10.1 Å². The van der Waals surface area contributed by atoms with Crippen molar-refractivity contribution in [1.82, 2.24) is 10.2 Å². The maximum absolute atomic E-state index is 11.1. The summed E-state index contributed by atoms with van der Waals surface area (Å²) in [5.74, 6) is 0.147. The molecule has 1 N–H and O–H groups in total. The van der Waals surface area contributed by atoms with Crippen molar-refractivity contribution in [1.29, 1.82) is 0 Å². The molecule has 0 spiro atoms. The molecule has 2 aromatic heterocycles. The molecule has 17 heavy (non-hydrogen) atoms. The van der Waals surface area contributed by atoms with Gasteiger partial charge in [-0.3, -0.25) is 0 Å². The van der Waals surface area contributed by atoms with Crippen LogP contribution in [-0.2, 0) is 11.3 Å². The largest absolute Gasteiger partial charge is 0.464 e. The second kappa shape index (κ2) is 5.40. The lowest BCUT2D eigenvalue weighted by Gasteiger charge is -2.03. The number of ether oxygens (including phenoxy) is 1. The molecule has 0 aromatic carbocycles. The third-order valence-corrected chi connectivity index (χ3v) is 2.96. The van der Waals surface area contributed by atoms with Crippen LogP contribution in [0.3, 0.4) is 0 Å². The summed E-state index contributed by atoms with van der Waals surface area (Å²) < 4.78 is 4.53. The van der Waals surface area contributed by atoms with Gasteiger partial charge in [0.1, 0.15) is 5.82 Å². The Labute approximate surface area is 102 Å². The van der Waals surface area contributed by atoms with Crippen LogP contribution in [0.15, 0.2) is 29.6 Å². The van der Waals surface area contributed by atoms with E-state index in [0.717, 1.165) is 0 Å². The molecule has 0 atom stereocenters. The minimum atomic E-state index is -0.484. The third-order valence-electron chi connectivity index (χ3n) is 2.08. The second-order valence-corrected chi connectivity index (χ2v) is 4.26. The molecule has 6 heteroatoms. The number of methoxy groups -OCH3 is 1. The van der Waals surface area contributed by atoms with Gasteiger partial charge in [0.05, 0.1) is 13.7 Å².